The summed E-state index contributed by atoms with van der Waals surface area (Å²) in [6, 6.07) is 20.4. The second kappa shape index (κ2) is 12.2. The zero-order chi connectivity index (χ0) is 25.5. The molecular formula is C28H29Cl2N3O3. The molecule has 1 aliphatic rings. The molecule has 3 aromatic rings. The molecule has 1 aliphatic heterocycles. The Hall–Kier alpha value is -3.22. The van der Waals surface area contributed by atoms with Gasteiger partial charge in [0.1, 0.15) is 5.75 Å². The number of hydrogen-bond acceptors (Lipinski definition) is 4. The van der Waals surface area contributed by atoms with Crippen LogP contribution in [0.2, 0.25) is 10.0 Å². The average molecular weight is 526 g/mol. The molecule has 1 heterocycles. The summed E-state index contributed by atoms with van der Waals surface area (Å²) in [4.78, 5) is 27.9. The number of hydrogen-bond donors (Lipinski definition) is 2. The lowest BCUT2D eigenvalue weighted by molar-refractivity contribution is 0.0929. The zero-order valence-corrected chi connectivity index (χ0v) is 21.6. The number of carbonyl (C=O) groups excluding carboxylic acids is 2. The first-order valence-electron chi connectivity index (χ1n) is 12.0. The van der Waals surface area contributed by atoms with Gasteiger partial charge in [-0.2, -0.15) is 0 Å². The monoisotopic (exact) mass is 525 g/mol. The summed E-state index contributed by atoms with van der Waals surface area (Å²) >= 11 is 12.1. The number of benzene rings is 3. The molecule has 1 saturated heterocycles. The topological polar surface area (TPSA) is 70.7 Å². The van der Waals surface area contributed by atoms with Gasteiger partial charge in [0.25, 0.3) is 11.8 Å². The molecular weight excluding hydrogens is 497 g/mol. The number of methoxy groups -OCH3 is 1. The molecule has 36 heavy (non-hydrogen) atoms. The summed E-state index contributed by atoms with van der Waals surface area (Å²) in [6.45, 7) is 2.01. The molecule has 0 bridgehead atoms. The highest BCUT2D eigenvalue weighted by Crippen LogP contribution is 2.25. The first-order valence-corrected chi connectivity index (χ1v) is 12.7. The van der Waals surface area contributed by atoms with Crippen LogP contribution in [0.15, 0.2) is 66.7 Å². The van der Waals surface area contributed by atoms with Crippen LogP contribution in [0.3, 0.4) is 0 Å². The maximum absolute atomic E-state index is 13.0. The Labute approximate surface area is 221 Å². The van der Waals surface area contributed by atoms with E-state index in [4.69, 9.17) is 27.9 Å². The molecule has 0 saturated carbocycles. The fraction of sp³-hybridized carbons (Fsp3) is 0.286. The average Bonchev–Trinajstić information content (AvgIpc) is 2.89. The Morgan fingerprint density at radius 2 is 1.67 bits per heavy atom. The molecule has 0 radical (unpaired) electrons. The van der Waals surface area contributed by atoms with Crippen LogP contribution in [0.25, 0.3) is 0 Å². The molecule has 2 amide bonds. The van der Waals surface area contributed by atoms with Crippen molar-refractivity contribution in [1.29, 1.82) is 0 Å². The third-order valence-corrected chi connectivity index (χ3v) is 6.90. The minimum Gasteiger partial charge on any atom is -0.497 e. The van der Waals surface area contributed by atoms with Gasteiger partial charge in [-0.25, -0.2) is 0 Å². The van der Waals surface area contributed by atoms with Gasteiger partial charge in [-0.1, -0.05) is 47.5 Å². The van der Waals surface area contributed by atoms with E-state index in [-0.39, 0.29) is 17.9 Å². The quantitative estimate of drug-likeness (QED) is 0.414. The SMILES string of the molecule is COc1ccc(CCNC(=O)c2ccccc2N2CCC(NC(=O)c3ccc(Cl)cc3Cl)CC2)cc1. The number of anilines is 1. The predicted octanol–water partition coefficient (Wildman–Crippen LogP) is 5.37. The zero-order valence-electron chi connectivity index (χ0n) is 20.1. The van der Waals surface area contributed by atoms with Crippen LogP contribution in [0.1, 0.15) is 39.1 Å². The number of amides is 2. The Bertz CT molecular complexity index is 1210. The van der Waals surface area contributed by atoms with E-state index in [1.165, 1.54) is 0 Å². The number of halogens is 2. The van der Waals surface area contributed by atoms with Crippen LogP contribution in [0.5, 0.6) is 5.75 Å². The van der Waals surface area contributed by atoms with Crippen LogP contribution in [0.4, 0.5) is 5.69 Å². The number of ether oxygens (including phenoxy) is 1. The van der Waals surface area contributed by atoms with E-state index in [1.54, 1.807) is 25.3 Å². The summed E-state index contributed by atoms with van der Waals surface area (Å²) in [5.41, 5.74) is 3.11. The van der Waals surface area contributed by atoms with Crippen LogP contribution in [0, 0.1) is 0 Å². The number of piperidine rings is 1. The largest absolute Gasteiger partial charge is 0.497 e. The molecule has 0 spiro atoms. The normalized spacial score (nSPS) is 13.8. The second-order valence-corrected chi connectivity index (χ2v) is 9.57. The van der Waals surface area contributed by atoms with Crippen LogP contribution >= 0.6 is 23.2 Å². The van der Waals surface area contributed by atoms with E-state index >= 15 is 0 Å². The first-order chi connectivity index (χ1) is 17.4. The third kappa shape index (κ3) is 6.50. The molecule has 0 aliphatic carbocycles. The third-order valence-electron chi connectivity index (χ3n) is 6.35. The lowest BCUT2D eigenvalue weighted by Gasteiger charge is -2.35. The van der Waals surface area contributed by atoms with E-state index in [1.807, 2.05) is 48.5 Å². The van der Waals surface area contributed by atoms with Gasteiger partial charge in [-0.15, -0.1) is 0 Å². The van der Waals surface area contributed by atoms with Crippen LogP contribution in [-0.2, 0) is 6.42 Å². The summed E-state index contributed by atoms with van der Waals surface area (Å²) in [7, 11) is 1.64. The Morgan fingerprint density at radius 1 is 0.944 bits per heavy atom. The molecule has 188 valence electrons. The van der Waals surface area contributed by atoms with Gasteiger partial charge in [0.15, 0.2) is 0 Å². The highest BCUT2D eigenvalue weighted by atomic mass is 35.5. The first kappa shape index (κ1) is 25.9. The van der Waals surface area contributed by atoms with Gasteiger partial charge in [0.2, 0.25) is 0 Å². The summed E-state index contributed by atoms with van der Waals surface area (Å²) in [6.07, 6.45) is 2.27. The molecule has 0 atom stereocenters. The maximum atomic E-state index is 13.0. The van der Waals surface area contributed by atoms with Crippen molar-refractivity contribution in [3.63, 3.8) is 0 Å². The molecule has 1 fully saturated rings. The molecule has 2 N–H and O–H groups in total. The second-order valence-electron chi connectivity index (χ2n) is 8.73. The minimum absolute atomic E-state index is 0.0333. The predicted molar refractivity (Wildman–Crippen MR) is 145 cm³/mol. The van der Waals surface area contributed by atoms with Crippen molar-refractivity contribution >= 4 is 40.7 Å². The lowest BCUT2D eigenvalue weighted by Crippen LogP contribution is -2.45. The summed E-state index contributed by atoms with van der Waals surface area (Å²) in [5.74, 6) is 0.521. The molecule has 0 aromatic heterocycles. The van der Waals surface area contributed by atoms with E-state index in [0.717, 1.165) is 49.4 Å². The van der Waals surface area contributed by atoms with Gasteiger partial charge < -0.3 is 20.3 Å². The highest BCUT2D eigenvalue weighted by molar-refractivity contribution is 6.36. The van der Waals surface area contributed by atoms with Crippen molar-refractivity contribution in [2.45, 2.75) is 25.3 Å². The Morgan fingerprint density at radius 3 is 2.36 bits per heavy atom. The molecule has 4 rings (SSSR count). The van der Waals surface area contributed by atoms with Crippen molar-refractivity contribution < 1.29 is 14.3 Å². The number of rotatable bonds is 8. The standard InChI is InChI=1S/C28H29Cl2N3O3/c1-36-22-9-6-19(7-10-22)12-15-31-27(34)24-4-2-3-5-26(24)33-16-13-21(14-17-33)32-28(35)23-11-8-20(29)18-25(23)30/h2-11,18,21H,12-17H2,1H3,(H,31,34)(H,32,35). The number of para-hydroxylation sites is 1. The Kier molecular flexibility index (Phi) is 8.73. The van der Waals surface area contributed by atoms with Crippen molar-refractivity contribution in [3.8, 4) is 5.75 Å². The van der Waals surface area contributed by atoms with Crippen molar-refractivity contribution in [1.82, 2.24) is 10.6 Å². The van der Waals surface area contributed by atoms with E-state index in [0.29, 0.717) is 27.7 Å². The summed E-state index contributed by atoms with van der Waals surface area (Å²) in [5, 5.41) is 6.95. The van der Waals surface area contributed by atoms with E-state index in [9.17, 15) is 9.59 Å². The molecule has 0 unspecified atom stereocenters. The van der Waals surface area contributed by atoms with E-state index < -0.39 is 0 Å². The highest BCUT2D eigenvalue weighted by Gasteiger charge is 2.24. The fourth-order valence-electron chi connectivity index (χ4n) is 4.35. The molecule has 3 aromatic carbocycles. The number of carbonyl (C=O) groups is 2. The summed E-state index contributed by atoms with van der Waals surface area (Å²) < 4.78 is 5.19. The number of nitrogens with zero attached hydrogens (tertiary/aromatic N) is 1. The van der Waals surface area contributed by atoms with Gasteiger partial charge in [-0.3, -0.25) is 9.59 Å². The Balaban J connectivity index is 1.31. The van der Waals surface area contributed by atoms with Crippen molar-refractivity contribution in [2.75, 3.05) is 31.6 Å². The molecule has 6 nitrogen and oxygen atoms in total. The van der Waals surface area contributed by atoms with Crippen LogP contribution < -0.4 is 20.3 Å². The minimum atomic E-state index is -0.202. The van der Waals surface area contributed by atoms with Gasteiger partial charge in [0.05, 0.1) is 23.3 Å². The van der Waals surface area contributed by atoms with Gasteiger partial charge in [-0.05, 0) is 67.3 Å². The molecule has 8 heteroatoms. The number of nitrogens with one attached hydrogen (secondary N) is 2. The smallest absolute Gasteiger partial charge is 0.253 e. The van der Waals surface area contributed by atoms with Gasteiger partial charge in [0, 0.05) is 36.4 Å². The van der Waals surface area contributed by atoms with Crippen LogP contribution in [-0.4, -0.2) is 44.6 Å². The van der Waals surface area contributed by atoms with Crippen molar-refractivity contribution in [2.24, 2.45) is 0 Å². The van der Waals surface area contributed by atoms with E-state index in [2.05, 4.69) is 15.5 Å². The van der Waals surface area contributed by atoms with Gasteiger partial charge >= 0.3 is 0 Å². The fourth-order valence-corrected chi connectivity index (χ4v) is 4.85. The maximum Gasteiger partial charge on any atom is 0.253 e. The van der Waals surface area contributed by atoms with Crippen molar-refractivity contribution in [3.05, 3.63) is 93.5 Å². The lowest BCUT2D eigenvalue weighted by atomic mass is 10.0.